The largest absolute Gasteiger partial charge is 0.487 e. The van der Waals surface area contributed by atoms with Crippen molar-refractivity contribution >= 4 is 0 Å². The molecule has 0 amide bonds. The first-order chi connectivity index (χ1) is 10.1. The summed E-state index contributed by atoms with van der Waals surface area (Å²) in [6, 6.07) is 13.4. The molecule has 1 heterocycles. The fraction of sp³-hybridized carbons (Fsp3) is 0.400. The number of para-hydroxylation sites is 1. The Morgan fingerprint density at radius 1 is 1.05 bits per heavy atom. The van der Waals surface area contributed by atoms with E-state index in [-0.39, 0.29) is 5.60 Å². The molecule has 0 radical (unpaired) electrons. The average Bonchev–Trinajstić information content (AvgIpc) is 2.98. The van der Waals surface area contributed by atoms with E-state index in [1.54, 1.807) is 5.56 Å². The Balaban J connectivity index is 1.84. The van der Waals surface area contributed by atoms with Gasteiger partial charge in [-0.25, -0.2) is 0 Å². The van der Waals surface area contributed by atoms with Gasteiger partial charge in [0.05, 0.1) is 0 Å². The van der Waals surface area contributed by atoms with Gasteiger partial charge in [0, 0.05) is 17.9 Å². The Morgan fingerprint density at radius 3 is 2.67 bits per heavy atom. The first-order valence-corrected chi connectivity index (χ1v) is 7.94. The second-order valence-electron chi connectivity index (χ2n) is 7.11. The van der Waals surface area contributed by atoms with Gasteiger partial charge in [-0.1, -0.05) is 36.4 Å². The maximum atomic E-state index is 6.29. The summed E-state index contributed by atoms with van der Waals surface area (Å²) in [6.07, 6.45) is 3.42. The molecular formula is C20H22O. The van der Waals surface area contributed by atoms with Crippen molar-refractivity contribution in [3.05, 3.63) is 64.2 Å². The predicted octanol–water partition coefficient (Wildman–Crippen LogP) is 4.79. The van der Waals surface area contributed by atoms with Gasteiger partial charge in [0.15, 0.2) is 0 Å². The Kier molecular flexibility index (Phi) is 2.69. The first kappa shape index (κ1) is 12.9. The van der Waals surface area contributed by atoms with Crippen LogP contribution in [-0.4, -0.2) is 5.60 Å². The maximum Gasteiger partial charge on any atom is 0.127 e. The Morgan fingerprint density at radius 2 is 1.81 bits per heavy atom. The quantitative estimate of drug-likeness (QED) is 0.729. The lowest BCUT2D eigenvalue weighted by Gasteiger charge is -2.21. The highest BCUT2D eigenvalue weighted by Crippen LogP contribution is 2.47. The summed E-state index contributed by atoms with van der Waals surface area (Å²) < 4.78 is 6.29. The minimum atomic E-state index is -0.0639. The molecule has 21 heavy (non-hydrogen) atoms. The van der Waals surface area contributed by atoms with Crippen LogP contribution < -0.4 is 4.74 Å². The highest BCUT2D eigenvalue weighted by atomic mass is 16.5. The van der Waals surface area contributed by atoms with Crippen molar-refractivity contribution in [2.24, 2.45) is 0 Å². The number of benzene rings is 2. The molecule has 1 unspecified atom stereocenters. The molecule has 0 saturated heterocycles. The maximum absolute atomic E-state index is 6.29. The number of hydrogen-bond acceptors (Lipinski definition) is 1. The molecule has 2 aromatic carbocycles. The van der Waals surface area contributed by atoms with E-state index < -0.39 is 0 Å². The van der Waals surface area contributed by atoms with Gasteiger partial charge in [0.25, 0.3) is 0 Å². The van der Waals surface area contributed by atoms with Crippen LogP contribution in [0.25, 0.3) is 0 Å². The van der Waals surface area contributed by atoms with Gasteiger partial charge in [-0.3, -0.25) is 0 Å². The number of aryl methyl sites for hydroxylation is 2. The van der Waals surface area contributed by atoms with Crippen molar-refractivity contribution in [1.82, 2.24) is 0 Å². The molecule has 0 aromatic heterocycles. The molecule has 1 heteroatoms. The van der Waals surface area contributed by atoms with Crippen LogP contribution in [0.5, 0.6) is 5.75 Å². The minimum absolute atomic E-state index is 0.0639. The zero-order valence-electron chi connectivity index (χ0n) is 13.1. The van der Waals surface area contributed by atoms with Gasteiger partial charge >= 0.3 is 0 Å². The number of ether oxygens (including phenoxy) is 1. The van der Waals surface area contributed by atoms with Crippen LogP contribution in [0.3, 0.4) is 0 Å². The predicted molar refractivity (Wildman–Crippen MR) is 86.2 cm³/mol. The van der Waals surface area contributed by atoms with Crippen molar-refractivity contribution in [3.8, 4) is 5.75 Å². The van der Waals surface area contributed by atoms with E-state index >= 15 is 0 Å². The summed E-state index contributed by atoms with van der Waals surface area (Å²) in [4.78, 5) is 0. The van der Waals surface area contributed by atoms with Crippen molar-refractivity contribution < 1.29 is 4.74 Å². The summed E-state index contributed by atoms with van der Waals surface area (Å²) in [5.41, 5.74) is 7.19. The number of hydrogen-bond donors (Lipinski definition) is 0. The van der Waals surface area contributed by atoms with Gasteiger partial charge < -0.3 is 4.74 Å². The smallest absolute Gasteiger partial charge is 0.127 e. The minimum Gasteiger partial charge on any atom is -0.487 e. The zero-order chi connectivity index (χ0) is 14.6. The molecule has 1 aliphatic heterocycles. The van der Waals surface area contributed by atoms with Crippen LogP contribution >= 0.6 is 0 Å². The normalized spacial score (nSPS) is 21.8. The van der Waals surface area contributed by atoms with Crippen molar-refractivity contribution in [3.63, 3.8) is 0 Å². The third-order valence-electron chi connectivity index (χ3n) is 4.96. The Hall–Kier alpha value is -1.76. The lowest BCUT2D eigenvalue weighted by molar-refractivity contribution is 0.137. The van der Waals surface area contributed by atoms with E-state index in [0.717, 1.165) is 12.2 Å². The van der Waals surface area contributed by atoms with Gasteiger partial charge in [-0.05, 0) is 55.9 Å². The van der Waals surface area contributed by atoms with Crippen LogP contribution in [0.1, 0.15) is 54.0 Å². The molecule has 4 rings (SSSR count). The van der Waals surface area contributed by atoms with Crippen molar-refractivity contribution in [2.75, 3.05) is 0 Å². The molecule has 1 aliphatic carbocycles. The van der Waals surface area contributed by atoms with Crippen LogP contribution in [0, 0.1) is 6.92 Å². The van der Waals surface area contributed by atoms with E-state index in [4.69, 9.17) is 4.74 Å². The molecule has 0 bridgehead atoms. The highest BCUT2D eigenvalue weighted by molar-refractivity contribution is 5.54. The zero-order valence-corrected chi connectivity index (χ0v) is 13.1. The summed E-state index contributed by atoms with van der Waals surface area (Å²) in [7, 11) is 0. The molecule has 2 aromatic rings. The Labute approximate surface area is 127 Å². The molecule has 2 aliphatic rings. The number of fused-ring (bicyclic) bond motifs is 2. The molecule has 0 saturated carbocycles. The van der Waals surface area contributed by atoms with Gasteiger partial charge in [-0.15, -0.1) is 0 Å². The fourth-order valence-electron chi connectivity index (χ4n) is 4.13. The molecule has 0 spiro atoms. The topological polar surface area (TPSA) is 9.23 Å². The highest BCUT2D eigenvalue weighted by Gasteiger charge is 2.35. The SMILES string of the molecule is Cc1cccc2c1C(c1cccc3c1OC(C)(C)C3)CC2. The standard InChI is InChI=1S/C20H22O/c1-13-6-4-7-14-10-11-16(18(13)14)17-9-5-8-15-12-20(2,3)21-19(15)17/h4-9,16H,10-12H2,1-3H3. The van der Waals surface area contributed by atoms with Crippen LogP contribution in [-0.2, 0) is 12.8 Å². The van der Waals surface area contributed by atoms with Crippen LogP contribution in [0.4, 0.5) is 0 Å². The summed E-state index contributed by atoms with van der Waals surface area (Å²) in [5, 5.41) is 0. The summed E-state index contributed by atoms with van der Waals surface area (Å²) in [6.45, 7) is 6.61. The van der Waals surface area contributed by atoms with Gasteiger partial charge in [-0.2, -0.15) is 0 Å². The van der Waals surface area contributed by atoms with E-state index in [1.807, 2.05) is 0 Å². The Bertz CT molecular complexity index is 712. The molecule has 1 nitrogen and oxygen atoms in total. The van der Waals surface area contributed by atoms with Gasteiger partial charge in [0.1, 0.15) is 11.4 Å². The lowest BCUT2D eigenvalue weighted by atomic mass is 9.88. The van der Waals surface area contributed by atoms with Gasteiger partial charge in [0.2, 0.25) is 0 Å². The molecule has 1 atom stereocenters. The molecule has 0 N–H and O–H groups in total. The third kappa shape index (κ3) is 1.98. The fourth-order valence-corrected chi connectivity index (χ4v) is 4.13. The number of rotatable bonds is 1. The monoisotopic (exact) mass is 278 g/mol. The second-order valence-corrected chi connectivity index (χ2v) is 7.11. The third-order valence-corrected chi connectivity index (χ3v) is 4.96. The first-order valence-electron chi connectivity index (χ1n) is 7.94. The average molecular weight is 278 g/mol. The molecule has 0 fully saturated rings. The van der Waals surface area contributed by atoms with Crippen molar-refractivity contribution in [2.45, 2.75) is 51.6 Å². The van der Waals surface area contributed by atoms with E-state index in [0.29, 0.717) is 5.92 Å². The second kappa shape index (κ2) is 4.37. The lowest BCUT2D eigenvalue weighted by Crippen LogP contribution is -2.25. The molecular weight excluding hydrogens is 256 g/mol. The summed E-state index contributed by atoms with van der Waals surface area (Å²) >= 11 is 0. The molecule has 108 valence electrons. The van der Waals surface area contributed by atoms with Crippen LogP contribution in [0.2, 0.25) is 0 Å². The van der Waals surface area contributed by atoms with E-state index in [9.17, 15) is 0 Å². The van der Waals surface area contributed by atoms with E-state index in [2.05, 4.69) is 57.2 Å². The van der Waals surface area contributed by atoms with Crippen molar-refractivity contribution in [1.29, 1.82) is 0 Å². The van der Waals surface area contributed by atoms with E-state index in [1.165, 1.54) is 35.1 Å². The summed E-state index contributed by atoms with van der Waals surface area (Å²) in [5.74, 6) is 1.66. The van der Waals surface area contributed by atoms with Crippen LogP contribution in [0.15, 0.2) is 36.4 Å².